The smallest absolute Gasteiger partial charge is 0.118 e. The molecule has 0 aliphatic heterocycles. The van der Waals surface area contributed by atoms with Gasteiger partial charge in [0.15, 0.2) is 0 Å². The van der Waals surface area contributed by atoms with Crippen molar-refractivity contribution in [3.63, 3.8) is 0 Å². The minimum atomic E-state index is 0.0252. The van der Waals surface area contributed by atoms with Crippen LogP contribution in [-0.2, 0) is 13.0 Å². The molecule has 1 rings (SSSR count). The van der Waals surface area contributed by atoms with Gasteiger partial charge >= 0.3 is 0 Å². The summed E-state index contributed by atoms with van der Waals surface area (Å²) in [5.41, 5.74) is 1.79. The van der Waals surface area contributed by atoms with E-state index in [0.717, 1.165) is 30.5 Å². The number of benzene rings is 1. The van der Waals surface area contributed by atoms with Crippen molar-refractivity contribution < 1.29 is 10.2 Å². The molecule has 0 bridgehead atoms. The molecule has 0 heterocycles. The van der Waals surface area contributed by atoms with Crippen LogP contribution in [0.15, 0.2) is 18.2 Å². The third kappa shape index (κ3) is 4.84. The number of aryl methyl sites for hydroxylation is 1. The van der Waals surface area contributed by atoms with E-state index < -0.39 is 0 Å². The lowest BCUT2D eigenvalue weighted by Crippen LogP contribution is -2.37. The quantitative estimate of drug-likeness (QED) is 0.796. The van der Waals surface area contributed by atoms with Crippen molar-refractivity contribution in [2.75, 3.05) is 6.54 Å². The number of aliphatic hydroxyl groups is 1. The maximum Gasteiger partial charge on any atom is 0.118 e. The van der Waals surface area contributed by atoms with Gasteiger partial charge in [-0.2, -0.15) is 0 Å². The summed E-state index contributed by atoms with van der Waals surface area (Å²) >= 11 is 0. The fourth-order valence-corrected chi connectivity index (χ4v) is 2.50. The van der Waals surface area contributed by atoms with Crippen molar-refractivity contribution in [1.29, 1.82) is 0 Å². The molecule has 19 heavy (non-hydrogen) atoms. The van der Waals surface area contributed by atoms with Crippen LogP contribution in [0.3, 0.4) is 0 Å². The van der Waals surface area contributed by atoms with E-state index in [1.54, 1.807) is 12.1 Å². The third-order valence-corrected chi connectivity index (χ3v) is 3.52. The molecule has 0 saturated carbocycles. The molecule has 3 heteroatoms. The molecule has 0 atom stereocenters. The van der Waals surface area contributed by atoms with E-state index in [4.69, 9.17) is 5.11 Å². The number of hydrogen-bond acceptors (Lipinski definition) is 3. The van der Waals surface area contributed by atoms with Gasteiger partial charge in [-0.1, -0.05) is 6.07 Å². The molecule has 0 fully saturated rings. The zero-order chi connectivity index (χ0) is 14.4. The van der Waals surface area contributed by atoms with E-state index in [1.165, 1.54) is 0 Å². The number of hydrogen-bond donors (Lipinski definition) is 2. The van der Waals surface area contributed by atoms with Crippen molar-refractivity contribution in [2.45, 2.75) is 59.2 Å². The first-order chi connectivity index (χ1) is 8.95. The van der Waals surface area contributed by atoms with Crippen LogP contribution in [0.5, 0.6) is 5.75 Å². The second-order valence-electron chi connectivity index (χ2n) is 5.65. The first-order valence-electron chi connectivity index (χ1n) is 7.13. The predicted octanol–water partition coefficient (Wildman–Crippen LogP) is 2.94. The minimum Gasteiger partial charge on any atom is -0.508 e. The average molecular weight is 265 g/mol. The highest BCUT2D eigenvalue weighted by Crippen LogP contribution is 2.20. The van der Waals surface area contributed by atoms with Crippen molar-refractivity contribution in [1.82, 2.24) is 4.90 Å². The normalized spacial score (nSPS) is 11.8. The Bertz CT molecular complexity index is 380. The van der Waals surface area contributed by atoms with Gasteiger partial charge in [0.05, 0.1) is 6.61 Å². The largest absolute Gasteiger partial charge is 0.508 e. The SMILES string of the molecule is CC(C)N(CCCc1cc(CO)ccc1O)C(C)C. The summed E-state index contributed by atoms with van der Waals surface area (Å²) in [6.45, 7) is 9.90. The summed E-state index contributed by atoms with van der Waals surface area (Å²) in [7, 11) is 0. The second-order valence-corrected chi connectivity index (χ2v) is 5.65. The molecule has 0 radical (unpaired) electrons. The third-order valence-electron chi connectivity index (χ3n) is 3.52. The Morgan fingerprint density at radius 3 is 2.26 bits per heavy atom. The molecule has 1 aromatic carbocycles. The molecule has 1 aromatic rings. The topological polar surface area (TPSA) is 43.7 Å². The highest BCUT2D eigenvalue weighted by Gasteiger charge is 2.13. The van der Waals surface area contributed by atoms with E-state index in [1.807, 2.05) is 6.07 Å². The molecule has 0 aromatic heterocycles. The van der Waals surface area contributed by atoms with E-state index in [-0.39, 0.29) is 6.61 Å². The molecule has 2 N–H and O–H groups in total. The van der Waals surface area contributed by atoms with Crippen molar-refractivity contribution in [3.05, 3.63) is 29.3 Å². The summed E-state index contributed by atoms with van der Waals surface area (Å²) in [5, 5.41) is 18.9. The summed E-state index contributed by atoms with van der Waals surface area (Å²) in [6, 6.07) is 6.40. The van der Waals surface area contributed by atoms with E-state index >= 15 is 0 Å². The summed E-state index contributed by atoms with van der Waals surface area (Å²) < 4.78 is 0. The van der Waals surface area contributed by atoms with Crippen LogP contribution >= 0.6 is 0 Å². The monoisotopic (exact) mass is 265 g/mol. The molecule has 0 aliphatic carbocycles. The van der Waals surface area contributed by atoms with Crippen molar-refractivity contribution >= 4 is 0 Å². The first kappa shape index (κ1) is 16.0. The lowest BCUT2D eigenvalue weighted by molar-refractivity contribution is 0.173. The van der Waals surface area contributed by atoms with Crippen LogP contribution in [0.2, 0.25) is 0 Å². The molecule has 0 amide bonds. The minimum absolute atomic E-state index is 0.0252. The molecule has 3 nitrogen and oxygen atoms in total. The van der Waals surface area contributed by atoms with Crippen molar-refractivity contribution in [2.24, 2.45) is 0 Å². The Balaban J connectivity index is 2.57. The number of nitrogens with zero attached hydrogens (tertiary/aromatic N) is 1. The molecule has 0 aliphatic rings. The van der Waals surface area contributed by atoms with Gasteiger partial charge in [-0.25, -0.2) is 0 Å². The maximum absolute atomic E-state index is 9.82. The predicted molar refractivity (Wildman–Crippen MR) is 79.3 cm³/mol. The lowest BCUT2D eigenvalue weighted by Gasteiger charge is -2.30. The molecular formula is C16H27NO2. The fourth-order valence-electron chi connectivity index (χ4n) is 2.50. The molecule has 108 valence electrons. The van der Waals surface area contributed by atoms with Gasteiger partial charge in [-0.3, -0.25) is 4.90 Å². The standard InChI is InChI=1S/C16H27NO2/c1-12(2)17(13(3)4)9-5-6-15-10-14(11-18)7-8-16(15)19/h7-8,10,12-13,18-19H,5-6,9,11H2,1-4H3. The van der Waals surface area contributed by atoms with E-state index in [9.17, 15) is 5.11 Å². The zero-order valence-corrected chi connectivity index (χ0v) is 12.6. The van der Waals surface area contributed by atoms with Gasteiger partial charge in [0.2, 0.25) is 0 Å². The number of rotatable bonds is 7. The zero-order valence-electron chi connectivity index (χ0n) is 12.6. The maximum atomic E-state index is 9.82. The Hall–Kier alpha value is -1.06. The van der Waals surface area contributed by atoms with Crippen molar-refractivity contribution in [3.8, 4) is 5.75 Å². The van der Waals surface area contributed by atoms with Crippen LogP contribution in [0.4, 0.5) is 0 Å². The fraction of sp³-hybridized carbons (Fsp3) is 0.625. The Labute approximate surface area is 116 Å². The summed E-state index contributed by atoms with van der Waals surface area (Å²) in [6.07, 6.45) is 1.86. The van der Waals surface area contributed by atoms with Gasteiger partial charge in [0.25, 0.3) is 0 Å². The summed E-state index contributed by atoms with van der Waals surface area (Å²) in [4.78, 5) is 2.45. The van der Waals surface area contributed by atoms with Gasteiger partial charge < -0.3 is 10.2 Å². The Morgan fingerprint density at radius 1 is 1.11 bits per heavy atom. The molecular weight excluding hydrogens is 238 g/mol. The molecule has 0 spiro atoms. The van der Waals surface area contributed by atoms with Gasteiger partial charge in [-0.05, 0) is 70.3 Å². The number of aliphatic hydroxyl groups excluding tert-OH is 1. The Kier molecular flexibility index (Phi) is 6.32. The second kappa shape index (κ2) is 7.51. The Morgan fingerprint density at radius 2 is 1.74 bits per heavy atom. The van der Waals surface area contributed by atoms with Gasteiger partial charge in [-0.15, -0.1) is 0 Å². The van der Waals surface area contributed by atoms with Crippen LogP contribution in [0, 0.1) is 0 Å². The lowest BCUT2D eigenvalue weighted by atomic mass is 10.0. The van der Waals surface area contributed by atoms with E-state index in [2.05, 4.69) is 32.6 Å². The average Bonchev–Trinajstić information content (AvgIpc) is 2.35. The van der Waals surface area contributed by atoms with Gasteiger partial charge in [0.1, 0.15) is 5.75 Å². The van der Waals surface area contributed by atoms with Gasteiger partial charge in [0, 0.05) is 12.1 Å². The summed E-state index contributed by atoms with van der Waals surface area (Å²) in [5.74, 6) is 0.331. The highest BCUT2D eigenvalue weighted by atomic mass is 16.3. The van der Waals surface area contributed by atoms with E-state index in [0.29, 0.717) is 17.8 Å². The highest BCUT2D eigenvalue weighted by molar-refractivity contribution is 5.36. The number of phenolic OH excluding ortho intramolecular Hbond substituents is 1. The van der Waals surface area contributed by atoms with Crippen LogP contribution in [-0.4, -0.2) is 33.7 Å². The molecule has 0 saturated heterocycles. The first-order valence-corrected chi connectivity index (χ1v) is 7.13. The number of aromatic hydroxyl groups is 1. The molecule has 0 unspecified atom stereocenters. The number of phenols is 1. The van der Waals surface area contributed by atoms with Crippen LogP contribution < -0.4 is 0 Å². The van der Waals surface area contributed by atoms with Crippen LogP contribution in [0.1, 0.15) is 45.2 Å². The van der Waals surface area contributed by atoms with Crippen LogP contribution in [0.25, 0.3) is 0 Å².